The molecule has 1 heterocycles. The number of likely N-dealkylation sites (tertiary alicyclic amines) is 1. The normalized spacial score (nSPS) is 13.3. The molecule has 0 aliphatic carbocycles. The third kappa shape index (κ3) is 7.77. The molecule has 1 aliphatic rings. The minimum absolute atomic E-state index is 0.0439. The number of amides is 4. The number of hydrogen-bond acceptors (Lipinski definition) is 6. The fourth-order valence-corrected chi connectivity index (χ4v) is 3.61. The Labute approximate surface area is 174 Å². The zero-order valence-corrected chi connectivity index (χ0v) is 17.5. The Morgan fingerprint density at radius 1 is 1.14 bits per heavy atom. The number of hydrogen-bond donors (Lipinski definition) is 2. The fourth-order valence-electron chi connectivity index (χ4n) is 2.67. The Morgan fingerprint density at radius 2 is 1.83 bits per heavy atom. The summed E-state index contributed by atoms with van der Waals surface area (Å²) < 4.78 is 5.02. The second kappa shape index (κ2) is 11.5. The summed E-state index contributed by atoms with van der Waals surface area (Å²) in [5, 5.41) is 4.65. The minimum Gasteiger partial charge on any atom is -0.452 e. The Morgan fingerprint density at radius 3 is 2.52 bits per heavy atom. The molecule has 0 bridgehead atoms. The number of ether oxygens (including phenoxy) is 1. The second-order valence-corrected chi connectivity index (χ2v) is 8.12. The smallest absolute Gasteiger partial charge is 0.339 e. The third-order valence-electron chi connectivity index (χ3n) is 4.18. The molecule has 8 nitrogen and oxygen atoms in total. The first-order chi connectivity index (χ1) is 13.9. The van der Waals surface area contributed by atoms with Gasteiger partial charge in [-0.15, -0.1) is 11.8 Å². The maximum Gasteiger partial charge on any atom is 0.339 e. The van der Waals surface area contributed by atoms with Crippen molar-refractivity contribution in [3.8, 4) is 0 Å². The van der Waals surface area contributed by atoms with E-state index in [2.05, 4.69) is 10.6 Å². The summed E-state index contributed by atoms with van der Waals surface area (Å²) in [6.45, 7) is 5.28. The Kier molecular flexibility index (Phi) is 8.98. The standard InChI is InChI=1S/C20H27N3O5S/c1-14(2)11-21-20(27)22-17(24)12-28-19(26)15-7-3-4-8-16(15)29-13-18(25)23-9-5-6-10-23/h3-4,7-8,14H,5-6,9-13H2,1-2H3,(H2,21,22,24,27). The van der Waals surface area contributed by atoms with Gasteiger partial charge >= 0.3 is 12.0 Å². The lowest BCUT2D eigenvalue weighted by atomic mass is 10.2. The van der Waals surface area contributed by atoms with Gasteiger partial charge in [-0.2, -0.15) is 0 Å². The van der Waals surface area contributed by atoms with E-state index in [0.29, 0.717) is 11.4 Å². The molecule has 0 atom stereocenters. The number of urea groups is 1. The molecule has 1 fully saturated rings. The van der Waals surface area contributed by atoms with Crippen molar-refractivity contribution in [3.63, 3.8) is 0 Å². The summed E-state index contributed by atoms with van der Waals surface area (Å²) in [5.41, 5.74) is 0.281. The van der Waals surface area contributed by atoms with Crippen molar-refractivity contribution >= 4 is 35.6 Å². The highest BCUT2D eigenvalue weighted by Crippen LogP contribution is 2.24. The molecule has 0 aromatic heterocycles. The molecule has 29 heavy (non-hydrogen) atoms. The van der Waals surface area contributed by atoms with Gasteiger partial charge in [0.05, 0.1) is 11.3 Å². The van der Waals surface area contributed by atoms with Crippen molar-refractivity contribution in [1.29, 1.82) is 0 Å². The lowest BCUT2D eigenvalue weighted by Crippen LogP contribution is -2.42. The maximum atomic E-state index is 12.4. The molecular formula is C20H27N3O5S. The average molecular weight is 422 g/mol. The van der Waals surface area contributed by atoms with Crippen LogP contribution in [-0.4, -0.2) is 60.7 Å². The van der Waals surface area contributed by atoms with Crippen molar-refractivity contribution < 1.29 is 23.9 Å². The molecule has 9 heteroatoms. The van der Waals surface area contributed by atoms with Crippen LogP contribution in [0.25, 0.3) is 0 Å². The van der Waals surface area contributed by atoms with Gasteiger partial charge in [0.1, 0.15) is 0 Å². The summed E-state index contributed by atoms with van der Waals surface area (Å²) in [4.78, 5) is 50.3. The van der Waals surface area contributed by atoms with Gasteiger partial charge in [0, 0.05) is 24.5 Å². The van der Waals surface area contributed by atoms with Gasteiger partial charge in [0.25, 0.3) is 5.91 Å². The van der Waals surface area contributed by atoms with E-state index in [4.69, 9.17) is 4.74 Å². The summed E-state index contributed by atoms with van der Waals surface area (Å²) >= 11 is 1.27. The molecule has 1 saturated heterocycles. The molecule has 4 amide bonds. The number of esters is 1. The van der Waals surface area contributed by atoms with Gasteiger partial charge < -0.3 is 15.0 Å². The van der Waals surface area contributed by atoms with Gasteiger partial charge in [0.15, 0.2) is 6.61 Å². The van der Waals surface area contributed by atoms with Crippen LogP contribution < -0.4 is 10.6 Å². The zero-order valence-electron chi connectivity index (χ0n) is 16.7. The van der Waals surface area contributed by atoms with Crippen LogP contribution in [0.5, 0.6) is 0 Å². The summed E-state index contributed by atoms with van der Waals surface area (Å²) in [6, 6.07) is 6.14. The first-order valence-corrected chi connectivity index (χ1v) is 10.6. The number of nitrogens with one attached hydrogen (secondary N) is 2. The van der Waals surface area contributed by atoms with Crippen LogP contribution in [0.3, 0.4) is 0 Å². The third-order valence-corrected chi connectivity index (χ3v) is 5.23. The molecule has 1 aromatic carbocycles. The van der Waals surface area contributed by atoms with Crippen molar-refractivity contribution in [1.82, 2.24) is 15.5 Å². The van der Waals surface area contributed by atoms with E-state index in [0.717, 1.165) is 25.9 Å². The van der Waals surface area contributed by atoms with Crippen LogP contribution in [0.15, 0.2) is 29.2 Å². The van der Waals surface area contributed by atoms with Gasteiger partial charge in [-0.3, -0.25) is 14.9 Å². The van der Waals surface area contributed by atoms with Crippen LogP contribution >= 0.6 is 11.8 Å². The predicted octanol–water partition coefficient (Wildman–Crippen LogP) is 2.04. The molecule has 0 spiro atoms. The Bertz CT molecular complexity index is 747. The van der Waals surface area contributed by atoms with E-state index in [-0.39, 0.29) is 23.1 Å². The quantitative estimate of drug-likeness (QED) is 0.492. The van der Waals surface area contributed by atoms with E-state index in [1.807, 2.05) is 18.7 Å². The number of rotatable bonds is 8. The highest BCUT2D eigenvalue weighted by molar-refractivity contribution is 8.00. The molecule has 0 unspecified atom stereocenters. The fraction of sp³-hybridized carbons (Fsp3) is 0.500. The number of carbonyl (C=O) groups is 4. The summed E-state index contributed by atoms with van der Waals surface area (Å²) in [5.74, 6) is -0.864. The lowest BCUT2D eigenvalue weighted by molar-refractivity contribution is -0.127. The molecule has 0 saturated carbocycles. The van der Waals surface area contributed by atoms with E-state index in [1.54, 1.807) is 24.3 Å². The second-order valence-electron chi connectivity index (χ2n) is 7.10. The summed E-state index contributed by atoms with van der Waals surface area (Å²) in [7, 11) is 0. The van der Waals surface area contributed by atoms with E-state index < -0.39 is 24.5 Å². The van der Waals surface area contributed by atoms with E-state index in [9.17, 15) is 19.2 Å². The number of imide groups is 1. The van der Waals surface area contributed by atoms with Gasteiger partial charge in [-0.25, -0.2) is 9.59 Å². The molecule has 158 valence electrons. The topological polar surface area (TPSA) is 105 Å². The number of nitrogens with zero attached hydrogens (tertiary/aromatic N) is 1. The van der Waals surface area contributed by atoms with Crippen LogP contribution in [-0.2, 0) is 14.3 Å². The highest BCUT2D eigenvalue weighted by atomic mass is 32.2. The van der Waals surface area contributed by atoms with Crippen LogP contribution in [0, 0.1) is 5.92 Å². The SMILES string of the molecule is CC(C)CNC(=O)NC(=O)COC(=O)c1ccccc1SCC(=O)N1CCCC1. The van der Waals surface area contributed by atoms with Crippen molar-refractivity contribution in [2.75, 3.05) is 32.0 Å². The molecule has 1 aliphatic heterocycles. The highest BCUT2D eigenvalue weighted by Gasteiger charge is 2.20. The van der Waals surface area contributed by atoms with E-state index in [1.165, 1.54) is 11.8 Å². The zero-order chi connectivity index (χ0) is 21.2. The van der Waals surface area contributed by atoms with Gasteiger partial charge in [-0.1, -0.05) is 26.0 Å². The van der Waals surface area contributed by atoms with Crippen LogP contribution in [0.2, 0.25) is 0 Å². The number of benzene rings is 1. The molecule has 2 rings (SSSR count). The van der Waals surface area contributed by atoms with Crippen molar-refractivity contribution in [3.05, 3.63) is 29.8 Å². The Hall–Kier alpha value is -2.55. The van der Waals surface area contributed by atoms with Crippen molar-refractivity contribution in [2.45, 2.75) is 31.6 Å². The lowest BCUT2D eigenvalue weighted by Gasteiger charge is -2.15. The first kappa shape index (κ1) is 22.7. The van der Waals surface area contributed by atoms with Gasteiger partial charge in [0.2, 0.25) is 5.91 Å². The average Bonchev–Trinajstić information content (AvgIpc) is 3.24. The summed E-state index contributed by atoms with van der Waals surface area (Å²) in [6.07, 6.45) is 2.05. The minimum atomic E-state index is -0.714. The van der Waals surface area contributed by atoms with Gasteiger partial charge in [-0.05, 0) is 30.9 Å². The Balaban J connectivity index is 1.83. The van der Waals surface area contributed by atoms with E-state index >= 15 is 0 Å². The van der Waals surface area contributed by atoms with Crippen LogP contribution in [0.4, 0.5) is 4.79 Å². The number of carbonyl (C=O) groups excluding carboxylic acids is 4. The molecular weight excluding hydrogens is 394 g/mol. The predicted molar refractivity (Wildman–Crippen MR) is 110 cm³/mol. The molecule has 0 radical (unpaired) electrons. The molecule has 2 N–H and O–H groups in total. The maximum absolute atomic E-state index is 12.4. The monoisotopic (exact) mass is 421 g/mol. The van der Waals surface area contributed by atoms with Crippen LogP contribution in [0.1, 0.15) is 37.0 Å². The number of thioether (sulfide) groups is 1. The first-order valence-electron chi connectivity index (χ1n) is 9.61. The molecule has 1 aromatic rings. The van der Waals surface area contributed by atoms with Crippen molar-refractivity contribution in [2.24, 2.45) is 5.92 Å². The largest absolute Gasteiger partial charge is 0.452 e.